The van der Waals surface area contributed by atoms with Gasteiger partial charge in [0.2, 0.25) is 0 Å². The van der Waals surface area contributed by atoms with Crippen LogP contribution >= 0.6 is 11.6 Å². The Kier molecular flexibility index (Phi) is 10.0. The van der Waals surface area contributed by atoms with E-state index in [4.69, 9.17) is 35.3 Å². The minimum atomic E-state index is -1.54. The number of hydrogen-bond acceptors (Lipinski definition) is 10. The van der Waals surface area contributed by atoms with E-state index in [1.165, 1.54) is 20.3 Å². The fourth-order valence-corrected chi connectivity index (χ4v) is 6.40. The molecule has 1 saturated carbocycles. The molecule has 226 valence electrons. The molecule has 0 heterocycles. The molecule has 4 rings (SSSR count). The van der Waals surface area contributed by atoms with Gasteiger partial charge in [0.1, 0.15) is 11.7 Å². The molecule has 1 fully saturated rings. The van der Waals surface area contributed by atoms with Gasteiger partial charge in [0.05, 0.1) is 45.8 Å². The summed E-state index contributed by atoms with van der Waals surface area (Å²) in [6, 6.07) is 15.7. The molecule has 2 bridgehead atoms. The molecule has 2 aliphatic rings. The lowest BCUT2D eigenvalue weighted by Crippen LogP contribution is -2.56. The largest absolute Gasteiger partial charge is 0.469 e. The third kappa shape index (κ3) is 6.34. The minimum absolute atomic E-state index is 0.0834. The van der Waals surface area contributed by atoms with Gasteiger partial charge in [0, 0.05) is 22.9 Å². The number of halogens is 1. The first-order valence-corrected chi connectivity index (χ1v) is 13.8. The van der Waals surface area contributed by atoms with Crippen LogP contribution in [0.15, 0.2) is 72.0 Å². The van der Waals surface area contributed by atoms with Gasteiger partial charge in [-0.05, 0) is 41.7 Å². The number of hydrogen-bond donors (Lipinski definition) is 0. The standard InChI is InChI=1S/C32H31ClO10/c1-39-29(35)23-20(18-8-6-5-7-9-18)16-21-24(30(36)40-2)26(23)27(32(38)42-4)28(25(21)31(37)41-3)43-22(34)15-12-17-10-13-19(33)14-11-17/h5-15,20-21,23-24,26-27H,16H2,1-4H3/b15-12+/t20-,21?,23-,24+,26?,27+/m0/s1. The summed E-state index contributed by atoms with van der Waals surface area (Å²) in [5.41, 5.74) is 1.19. The zero-order valence-corrected chi connectivity index (χ0v) is 24.7. The molecule has 10 nitrogen and oxygen atoms in total. The zero-order chi connectivity index (χ0) is 31.3. The van der Waals surface area contributed by atoms with E-state index < -0.39 is 65.4 Å². The number of carbonyl (C=O) groups is 5. The molecule has 11 heteroatoms. The van der Waals surface area contributed by atoms with Crippen molar-refractivity contribution in [1.82, 2.24) is 0 Å². The van der Waals surface area contributed by atoms with Gasteiger partial charge < -0.3 is 23.7 Å². The molecule has 0 aliphatic heterocycles. The molecule has 0 aromatic heterocycles. The highest BCUT2D eigenvalue weighted by Gasteiger charge is 2.63. The molecule has 2 aromatic rings. The highest BCUT2D eigenvalue weighted by atomic mass is 35.5. The summed E-state index contributed by atoms with van der Waals surface area (Å²) in [6.45, 7) is 0. The fourth-order valence-electron chi connectivity index (χ4n) is 6.27. The van der Waals surface area contributed by atoms with Crippen LogP contribution in [0.5, 0.6) is 0 Å². The summed E-state index contributed by atoms with van der Waals surface area (Å²) in [6.07, 6.45) is 2.67. The lowest BCUT2D eigenvalue weighted by Gasteiger charge is -2.50. The molecule has 43 heavy (non-hydrogen) atoms. The van der Waals surface area contributed by atoms with Gasteiger partial charge >= 0.3 is 29.8 Å². The summed E-state index contributed by atoms with van der Waals surface area (Å²) in [7, 11) is 4.63. The summed E-state index contributed by atoms with van der Waals surface area (Å²) >= 11 is 5.93. The van der Waals surface area contributed by atoms with Crippen LogP contribution in [0.25, 0.3) is 6.08 Å². The van der Waals surface area contributed by atoms with Crippen molar-refractivity contribution in [3.63, 3.8) is 0 Å². The van der Waals surface area contributed by atoms with Gasteiger partial charge in [0.25, 0.3) is 0 Å². The van der Waals surface area contributed by atoms with Gasteiger partial charge in [0.15, 0.2) is 0 Å². The van der Waals surface area contributed by atoms with Crippen LogP contribution in [0.2, 0.25) is 5.02 Å². The molecule has 2 aromatic carbocycles. The quantitative estimate of drug-likeness (QED) is 0.244. The first-order valence-electron chi connectivity index (χ1n) is 13.4. The smallest absolute Gasteiger partial charge is 0.337 e. The summed E-state index contributed by atoms with van der Waals surface area (Å²) in [5.74, 6) is -11.0. The van der Waals surface area contributed by atoms with E-state index >= 15 is 0 Å². The number of rotatable bonds is 8. The van der Waals surface area contributed by atoms with Crippen LogP contribution in [0.1, 0.15) is 23.5 Å². The molecule has 0 amide bonds. The Labute approximate surface area is 253 Å². The molecule has 0 radical (unpaired) electrons. The molecular weight excluding hydrogens is 580 g/mol. The molecule has 0 spiro atoms. The molecule has 2 aliphatic carbocycles. The Morgan fingerprint density at radius 1 is 0.744 bits per heavy atom. The third-order valence-corrected chi connectivity index (χ3v) is 8.29. The third-order valence-electron chi connectivity index (χ3n) is 8.04. The Hall–Kier alpha value is -4.44. The molecule has 2 unspecified atom stereocenters. The van der Waals surface area contributed by atoms with Gasteiger partial charge in [-0.25, -0.2) is 9.59 Å². The highest BCUT2D eigenvalue weighted by Crippen LogP contribution is 2.58. The second kappa shape index (κ2) is 13.7. The van der Waals surface area contributed by atoms with Crippen molar-refractivity contribution in [2.24, 2.45) is 29.6 Å². The van der Waals surface area contributed by atoms with Crippen molar-refractivity contribution >= 4 is 47.5 Å². The number of ether oxygens (including phenoxy) is 5. The average molecular weight is 611 g/mol. The second-order valence-corrected chi connectivity index (χ2v) is 10.5. The van der Waals surface area contributed by atoms with Crippen molar-refractivity contribution in [1.29, 1.82) is 0 Å². The summed E-state index contributed by atoms with van der Waals surface area (Å²) in [5, 5.41) is 0.511. The predicted octanol–water partition coefficient (Wildman–Crippen LogP) is 4.12. The van der Waals surface area contributed by atoms with Crippen LogP contribution in [0, 0.1) is 29.6 Å². The number of methoxy groups -OCH3 is 4. The normalized spacial score (nSPS) is 24.6. The topological polar surface area (TPSA) is 132 Å². The Balaban J connectivity index is 1.93. The fraction of sp³-hybridized carbons (Fsp3) is 0.344. The highest BCUT2D eigenvalue weighted by molar-refractivity contribution is 6.30. The van der Waals surface area contributed by atoms with E-state index in [0.717, 1.165) is 25.9 Å². The van der Waals surface area contributed by atoms with Gasteiger partial charge in [-0.3, -0.25) is 14.4 Å². The van der Waals surface area contributed by atoms with E-state index in [-0.39, 0.29) is 17.8 Å². The predicted molar refractivity (Wildman–Crippen MR) is 153 cm³/mol. The Bertz CT molecular complexity index is 1450. The van der Waals surface area contributed by atoms with Crippen LogP contribution < -0.4 is 0 Å². The lowest BCUT2D eigenvalue weighted by atomic mass is 9.52. The van der Waals surface area contributed by atoms with Gasteiger partial charge in [-0.2, -0.15) is 0 Å². The molecule has 6 atom stereocenters. The maximum atomic E-state index is 13.5. The summed E-state index contributed by atoms with van der Waals surface area (Å²) in [4.78, 5) is 67.0. The SMILES string of the molecule is COC(=O)C1=C(OC(=O)/C=C/c2ccc(Cl)cc2)[C@H](C(=O)OC)C2[C@H](C(=O)OC)C1C[C@@H](c1ccccc1)[C@@H]2C(=O)OC. The first kappa shape index (κ1) is 31.5. The van der Waals surface area contributed by atoms with Crippen LogP contribution in [-0.2, 0) is 47.7 Å². The van der Waals surface area contributed by atoms with Crippen LogP contribution in [-0.4, -0.2) is 58.3 Å². The minimum Gasteiger partial charge on any atom is -0.469 e. The second-order valence-electron chi connectivity index (χ2n) is 10.1. The van der Waals surface area contributed by atoms with Gasteiger partial charge in [-0.15, -0.1) is 0 Å². The van der Waals surface area contributed by atoms with Crippen LogP contribution in [0.3, 0.4) is 0 Å². The van der Waals surface area contributed by atoms with E-state index in [1.54, 1.807) is 36.4 Å². The number of fused-ring (bicyclic) bond motifs is 2. The van der Waals surface area contributed by atoms with E-state index in [1.807, 2.05) is 18.2 Å². The monoisotopic (exact) mass is 610 g/mol. The average Bonchev–Trinajstić information content (AvgIpc) is 3.03. The van der Waals surface area contributed by atoms with Crippen molar-refractivity contribution < 1.29 is 47.7 Å². The first-order chi connectivity index (χ1) is 20.7. The van der Waals surface area contributed by atoms with Crippen molar-refractivity contribution in [2.75, 3.05) is 28.4 Å². The zero-order valence-electron chi connectivity index (χ0n) is 24.0. The maximum Gasteiger partial charge on any atom is 0.337 e. The molecule has 0 saturated heterocycles. The van der Waals surface area contributed by atoms with Crippen LogP contribution in [0.4, 0.5) is 0 Å². The van der Waals surface area contributed by atoms with E-state index in [0.29, 0.717) is 10.6 Å². The number of benzene rings is 2. The van der Waals surface area contributed by atoms with Crippen molar-refractivity contribution in [2.45, 2.75) is 12.3 Å². The van der Waals surface area contributed by atoms with Crippen molar-refractivity contribution in [3.8, 4) is 0 Å². The van der Waals surface area contributed by atoms with E-state index in [2.05, 4.69) is 0 Å². The van der Waals surface area contributed by atoms with E-state index in [9.17, 15) is 24.0 Å². The van der Waals surface area contributed by atoms with Gasteiger partial charge in [-0.1, -0.05) is 54.1 Å². The van der Waals surface area contributed by atoms with Crippen molar-refractivity contribution in [3.05, 3.63) is 88.2 Å². The number of carbonyl (C=O) groups excluding carboxylic acids is 5. The molecular formula is C32H31ClO10. The molecule has 0 N–H and O–H groups in total. The Morgan fingerprint density at radius 3 is 1.88 bits per heavy atom. The Morgan fingerprint density at radius 2 is 1.33 bits per heavy atom. The lowest BCUT2D eigenvalue weighted by molar-refractivity contribution is -0.170. The maximum absolute atomic E-state index is 13.5. The number of esters is 5. The summed E-state index contributed by atoms with van der Waals surface area (Å²) < 4.78 is 26.2.